The number of nitrogens with one attached hydrogen (secondary N) is 1. The van der Waals surface area contributed by atoms with Crippen molar-refractivity contribution in [3.05, 3.63) is 35.0 Å². The zero-order valence-electron chi connectivity index (χ0n) is 11.2. The van der Waals surface area contributed by atoms with Crippen molar-refractivity contribution >= 4 is 34.4 Å². The van der Waals surface area contributed by atoms with Gasteiger partial charge in [0, 0.05) is 24.5 Å². The number of nitrogens with zero attached hydrogens (tertiary/aromatic N) is 1. The normalized spacial score (nSPS) is 12.3. The van der Waals surface area contributed by atoms with Crippen molar-refractivity contribution < 1.29 is 14.7 Å². The van der Waals surface area contributed by atoms with Gasteiger partial charge < -0.3 is 15.0 Å². The van der Waals surface area contributed by atoms with Gasteiger partial charge in [0.15, 0.2) is 0 Å². The monoisotopic (exact) mass is 294 g/mol. The van der Waals surface area contributed by atoms with Crippen molar-refractivity contribution in [1.82, 2.24) is 9.88 Å². The summed E-state index contributed by atoms with van der Waals surface area (Å²) in [6.07, 6.45) is 0. The summed E-state index contributed by atoms with van der Waals surface area (Å²) in [7, 11) is 1.56. The van der Waals surface area contributed by atoms with Crippen LogP contribution in [0.1, 0.15) is 17.4 Å². The molecule has 0 radical (unpaired) electrons. The van der Waals surface area contributed by atoms with Crippen LogP contribution in [0, 0.1) is 5.92 Å². The van der Waals surface area contributed by atoms with Crippen LogP contribution in [0.2, 0.25) is 5.02 Å². The summed E-state index contributed by atoms with van der Waals surface area (Å²) in [5, 5.41) is 10.0. The van der Waals surface area contributed by atoms with E-state index in [1.54, 1.807) is 14.0 Å². The molecule has 106 valence electrons. The number of carboxylic acids is 1. The highest BCUT2D eigenvalue weighted by molar-refractivity contribution is 6.38. The molecule has 0 saturated heterocycles. The van der Waals surface area contributed by atoms with Crippen molar-refractivity contribution in [3.8, 4) is 0 Å². The molecule has 0 spiro atoms. The lowest BCUT2D eigenvalue weighted by Gasteiger charge is -2.18. The molecule has 2 N–H and O–H groups in total. The van der Waals surface area contributed by atoms with E-state index in [4.69, 9.17) is 16.7 Å². The first kappa shape index (κ1) is 14.4. The number of aliphatic carboxylic acids is 1. The summed E-state index contributed by atoms with van der Waals surface area (Å²) in [6.45, 7) is 1.68. The van der Waals surface area contributed by atoms with Gasteiger partial charge in [0.1, 0.15) is 5.69 Å². The molecule has 1 aromatic carbocycles. The summed E-state index contributed by atoms with van der Waals surface area (Å²) in [5.41, 5.74) is 1.06. The van der Waals surface area contributed by atoms with E-state index in [-0.39, 0.29) is 18.1 Å². The van der Waals surface area contributed by atoms with E-state index in [9.17, 15) is 9.59 Å². The number of halogens is 1. The van der Waals surface area contributed by atoms with Crippen LogP contribution in [0.3, 0.4) is 0 Å². The second-order valence-corrected chi connectivity index (χ2v) is 5.16. The molecule has 1 aromatic heterocycles. The van der Waals surface area contributed by atoms with Crippen LogP contribution in [-0.4, -0.2) is 40.5 Å². The lowest BCUT2D eigenvalue weighted by molar-refractivity contribution is -0.141. The number of hydrogen-bond donors (Lipinski definition) is 2. The van der Waals surface area contributed by atoms with Gasteiger partial charge in [-0.25, -0.2) is 0 Å². The molecule has 1 heterocycles. The number of rotatable bonds is 4. The second-order valence-electron chi connectivity index (χ2n) is 4.78. The van der Waals surface area contributed by atoms with Gasteiger partial charge >= 0.3 is 5.97 Å². The van der Waals surface area contributed by atoms with Crippen LogP contribution in [0.25, 0.3) is 10.9 Å². The van der Waals surface area contributed by atoms with Gasteiger partial charge in [-0.1, -0.05) is 36.7 Å². The fraction of sp³-hybridized carbons (Fsp3) is 0.286. The smallest absolute Gasteiger partial charge is 0.308 e. The summed E-state index contributed by atoms with van der Waals surface area (Å²) in [6, 6.07) is 7.34. The molecule has 2 aromatic rings. The van der Waals surface area contributed by atoms with E-state index in [1.165, 1.54) is 4.90 Å². The van der Waals surface area contributed by atoms with Gasteiger partial charge in [0.25, 0.3) is 5.91 Å². The molecule has 0 aliphatic heterocycles. The van der Waals surface area contributed by atoms with Gasteiger partial charge in [0.2, 0.25) is 0 Å². The molecule has 0 bridgehead atoms. The van der Waals surface area contributed by atoms with E-state index >= 15 is 0 Å². The standard InChI is InChI=1S/C14H15ClN2O3/c1-8(14(19)20)7-17(2)13(18)12-11(15)9-5-3-4-6-10(9)16-12/h3-6,8,16H,7H2,1-2H3,(H,19,20). The molecule has 0 fully saturated rings. The molecule has 5 nitrogen and oxygen atoms in total. The average Bonchev–Trinajstić information content (AvgIpc) is 2.75. The first-order valence-electron chi connectivity index (χ1n) is 6.16. The Morgan fingerprint density at radius 2 is 2.05 bits per heavy atom. The number of hydrogen-bond acceptors (Lipinski definition) is 2. The third kappa shape index (κ3) is 2.63. The summed E-state index contributed by atoms with van der Waals surface area (Å²) >= 11 is 6.20. The molecule has 0 aliphatic carbocycles. The minimum absolute atomic E-state index is 0.125. The molecule has 1 atom stereocenters. The molecule has 6 heteroatoms. The molecule has 20 heavy (non-hydrogen) atoms. The molecule has 2 rings (SSSR count). The van der Waals surface area contributed by atoms with E-state index in [2.05, 4.69) is 4.98 Å². The largest absolute Gasteiger partial charge is 0.481 e. The number of carbonyl (C=O) groups is 2. The Labute approximate surface area is 121 Å². The molecule has 1 amide bonds. The summed E-state index contributed by atoms with van der Waals surface area (Å²) in [5.74, 6) is -1.89. The fourth-order valence-corrected chi connectivity index (χ4v) is 2.31. The highest BCUT2D eigenvalue weighted by atomic mass is 35.5. The Hall–Kier alpha value is -2.01. The van der Waals surface area contributed by atoms with Crippen LogP contribution in [0.4, 0.5) is 0 Å². The second kappa shape index (κ2) is 5.54. The number of benzene rings is 1. The third-order valence-electron chi connectivity index (χ3n) is 3.17. The molecule has 0 aliphatic rings. The van der Waals surface area contributed by atoms with E-state index in [0.29, 0.717) is 5.02 Å². The van der Waals surface area contributed by atoms with Crippen molar-refractivity contribution in [3.63, 3.8) is 0 Å². The van der Waals surface area contributed by atoms with Gasteiger partial charge in [0.05, 0.1) is 10.9 Å². The number of aromatic amines is 1. The van der Waals surface area contributed by atoms with Crippen LogP contribution in [0.15, 0.2) is 24.3 Å². The predicted octanol–water partition coefficient (Wildman–Crippen LogP) is 2.61. The summed E-state index contributed by atoms with van der Waals surface area (Å²) < 4.78 is 0. The first-order valence-corrected chi connectivity index (χ1v) is 6.54. The lowest BCUT2D eigenvalue weighted by Crippen LogP contribution is -2.34. The number of amides is 1. The lowest BCUT2D eigenvalue weighted by atomic mass is 10.1. The van der Waals surface area contributed by atoms with E-state index < -0.39 is 11.9 Å². The van der Waals surface area contributed by atoms with E-state index in [1.807, 2.05) is 24.3 Å². The first-order chi connectivity index (χ1) is 9.41. The fourth-order valence-electron chi connectivity index (χ4n) is 2.02. The Kier molecular flexibility index (Phi) is 3.99. The minimum atomic E-state index is -0.938. The molecular weight excluding hydrogens is 280 g/mol. The zero-order chi connectivity index (χ0) is 14.9. The van der Waals surface area contributed by atoms with Crippen LogP contribution >= 0.6 is 11.6 Å². The molecule has 1 unspecified atom stereocenters. The maximum absolute atomic E-state index is 12.3. The number of carboxylic acid groups (broad SMARTS) is 1. The van der Waals surface area contributed by atoms with Crippen molar-refractivity contribution in [2.45, 2.75) is 6.92 Å². The SMILES string of the molecule is CC(CN(C)C(=O)c1[nH]c2ccccc2c1Cl)C(=O)O. The Balaban J connectivity index is 2.27. The van der Waals surface area contributed by atoms with Crippen molar-refractivity contribution in [2.24, 2.45) is 5.92 Å². The quantitative estimate of drug-likeness (QED) is 0.910. The highest BCUT2D eigenvalue weighted by Gasteiger charge is 2.22. The Bertz CT molecular complexity index is 665. The average molecular weight is 295 g/mol. The number of carbonyl (C=O) groups excluding carboxylic acids is 1. The zero-order valence-corrected chi connectivity index (χ0v) is 11.9. The van der Waals surface area contributed by atoms with Gasteiger partial charge in [-0.3, -0.25) is 9.59 Å². The minimum Gasteiger partial charge on any atom is -0.481 e. The van der Waals surface area contributed by atoms with Gasteiger partial charge in [-0.15, -0.1) is 0 Å². The van der Waals surface area contributed by atoms with Gasteiger partial charge in [-0.05, 0) is 6.07 Å². The number of H-pyrrole nitrogens is 1. The number of para-hydroxylation sites is 1. The highest BCUT2D eigenvalue weighted by Crippen LogP contribution is 2.27. The summed E-state index contributed by atoms with van der Waals surface area (Å²) in [4.78, 5) is 27.5. The maximum Gasteiger partial charge on any atom is 0.308 e. The number of aromatic nitrogens is 1. The van der Waals surface area contributed by atoms with Crippen LogP contribution < -0.4 is 0 Å². The van der Waals surface area contributed by atoms with Crippen LogP contribution in [0.5, 0.6) is 0 Å². The Morgan fingerprint density at radius 1 is 1.40 bits per heavy atom. The predicted molar refractivity (Wildman–Crippen MR) is 77.1 cm³/mol. The maximum atomic E-state index is 12.3. The molecular formula is C14H15ClN2O3. The van der Waals surface area contributed by atoms with Crippen molar-refractivity contribution in [2.75, 3.05) is 13.6 Å². The van der Waals surface area contributed by atoms with E-state index in [0.717, 1.165) is 10.9 Å². The van der Waals surface area contributed by atoms with Crippen LogP contribution in [-0.2, 0) is 4.79 Å². The van der Waals surface area contributed by atoms with Crippen molar-refractivity contribution in [1.29, 1.82) is 0 Å². The Morgan fingerprint density at radius 3 is 2.65 bits per heavy atom. The topological polar surface area (TPSA) is 73.4 Å². The third-order valence-corrected chi connectivity index (χ3v) is 3.57. The molecule has 0 saturated carbocycles. The number of fused-ring (bicyclic) bond motifs is 1. The van der Waals surface area contributed by atoms with Gasteiger partial charge in [-0.2, -0.15) is 0 Å².